The molecule has 116 valence electrons. The summed E-state index contributed by atoms with van der Waals surface area (Å²) in [5.74, 6) is 3.00. The van der Waals surface area contributed by atoms with Crippen LogP contribution in [0.2, 0.25) is 0 Å². The third-order valence-electron chi connectivity index (χ3n) is 5.12. The number of rotatable bonds is 5. The SMILES string of the molecule is CCC1(CNC(=NC)NCc2nnc3n2CCC3)CCC1. The summed E-state index contributed by atoms with van der Waals surface area (Å²) >= 11 is 0. The molecule has 21 heavy (non-hydrogen) atoms. The first-order valence-corrected chi connectivity index (χ1v) is 8.12. The number of aromatic nitrogens is 3. The molecule has 6 heteroatoms. The van der Waals surface area contributed by atoms with Crippen molar-refractivity contribution in [2.24, 2.45) is 10.4 Å². The van der Waals surface area contributed by atoms with Crippen molar-refractivity contribution >= 4 is 5.96 Å². The minimum absolute atomic E-state index is 0.494. The second kappa shape index (κ2) is 6.03. The van der Waals surface area contributed by atoms with Gasteiger partial charge in [-0.15, -0.1) is 10.2 Å². The summed E-state index contributed by atoms with van der Waals surface area (Å²) in [6.45, 7) is 5.04. The second-order valence-corrected chi connectivity index (χ2v) is 6.27. The van der Waals surface area contributed by atoms with E-state index < -0.39 is 0 Å². The maximum atomic E-state index is 4.31. The third-order valence-corrected chi connectivity index (χ3v) is 5.12. The van der Waals surface area contributed by atoms with E-state index in [0.717, 1.165) is 37.1 Å². The molecule has 1 aromatic rings. The predicted octanol–water partition coefficient (Wildman–Crippen LogP) is 1.47. The number of guanidine groups is 1. The van der Waals surface area contributed by atoms with Crippen LogP contribution in [0.4, 0.5) is 0 Å². The Morgan fingerprint density at radius 1 is 1.29 bits per heavy atom. The van der Waals surface area contributed by atoms with E-state index in [2.05, 4.69) is 37.3 Å². The van der Waals surface area contributed by atoms with E-state index in [1.807, 2.05) is 7.05 Å². The van der Waals surface area contributed by atoms with E-state index in [1.54, 1.807) is 0 Å². The minimum atomic E-state index is 0.494. The molecule has 0 radical (unpaired) electrons. The predicted molar refractivity (Wildman–Crippen MR) is 83.1 cm³/mol. The maximum Gasteiger partial charge on any atom is 0.191 e. The quantitative estimate of drug-likeness (QED) is 0.636. The monoisotopic (exact) mass is 290 g/mol. The minimum Gasteiger partial charge on any atom is -0.356 e. The zero-order valence-corrected chi connectivity index (χ0v) is 13.2. The van der Waals surface area contributed by atoms with Gasteiger partial charge in [-0.3, -0.25) is 4.99 Å². The number of hydrogen-bond donors (Lipinski definition) is 2. The molecule has 0 bridgehead atoms. The average Bonchev–Trinajstić information content (AvgIpc) is 3.05. The standard InChI is InChI=1S/C15H26N6/c1-3-15(7-5-8-15)11-18-14(16-2)17-10-13-20-19-12-6-4-9-21(12)13/h3-11H2,1-2H3,(H2,16,17,18). The summed E-state index contributed by atoms with van der Waals surface area (Å²) in [6, 6.07) is 0. The van der Waals surface area contributed by atoms with Gasteiger partial charge < -0.3 is 15.2 Å². The summed E-state index contributed by atoms with van der Waals surface area (Å²) in [5, 5.41) is 15.3. The molecule has 2 aliphatic rings. The van der Waals surface area contributed by atoms with E-state index >= 15 is 0 Å². The first-order chi connectivity index (χ1) is 10.3. The van der Waals surface area contributed by atoms with Crippen molar-refractivity contribution in [2.45, 2.75) is 58.5 Å². The Morgan fingerprint density at radius 2 is 2.14 bits per heavy atom. The van der Waals surface area contributed by atoms with Crippen LogP contribution in [0.25, 0.3) is 0 Å². The number of nitrogens with zero attached hydrogens (tertiary/aromatic N) is 4. The molecular formula is C15H26N6. The van der Waals surface area contributed by atoms with Crippen LogP contribution in [-0.2, 0) is 19.5 Å². The topological polar surface area (TPSA) is 67.1 Å². The molecule has 0 amide bonds. The van der Waals surface area contributed by atoms with Gasteiger partial charge >= 0.3 is 0 Å². The largest absolute Gasteiger partial charge is 0.356 e. The van der Waals surface area contributed by atoms with Gasteiger partial charge in [0, 0.05) is 26.6 Å². The molecule has 0 spiro atoms. The normalized spacial score (nSPS) is 20.0. The lowest BCUT2D eigenvalue weighted by Gasteiger charge is -2.41. The van der Waals surface area contributed by atoms with Gasteiger partial charge in [-0.05, 0) is 31.1 Å². The highest BCUT2D eigenvalue weighted by Gasteiger charge is 2.34. The summed E-state index contributed by atoms with van der Waals surface area (Å²) in [4.78, 5) is 4.31. The number of fused-ring (bicyclic) bond motifs is 1. The average molecular weight is 290 g/mol. The van der Waals surface area contributed by atoms with Crippen molar-refractivity contribution in [1.82, 2.24) is 25.4 Å². The van der Waals surface area contributed by atoms with Crippen LogP contribution < -0.4 is 10.6 Å². The summed E-state index contributed by atoms with van der Waals surface area (Å²) < 4.78 is 2.22. The van der Waals surface area contributed by atoms with Gasteiger partial charge in [-0.25, -0.2) is 0 Å². The molecule has 1 saturated carbocycles. The van der Waals surface area contributed by atoms with E-state index in [-0.39, 0.29) is 0 Å². The van der Waals surface area contributed by atoms with Gasteiger partial charge in [-0.1, -0.05) is 13.3 Å². The molecule has 6 nitrogen and oxygen atoms in total. The van der Waals surface area contributed by atoms with Gasteiger partial charge in [0.1, 0.15) is 5.82 Å². The second-order valence-electron chi connectivity index (χ2n) is 6.27. The van der Waals surface area contributed by atoms with Crippen LogP contribution in [0.5, 0.6) is 0 Å². The Labute approximate surface area is 126 Å². The van der Waals surface area contributed by atoms with Crippen molar-refractivity contribution in [3.63, 3.8) is 0 Å². The highest BCUT2D eigenvalue weighted by atomic mass is 15.3. The highest BCUT2D eigenvalue weighted by molar-refractivity contribution is 5.79. The zero-order chi connectivity index (χ0) is 14.7. The summed E-state index contributed by atoms with van der Waals surface area (Å²) in [7, 11) is 1.82. The van der Waals surface area contributed by atoms with Crippen LogP contribution in [-0.4, -0.2) is 34.3 Å². The van der Waals surface area contributed by atoms with Gasteiger partial charge in [0.25, 0.3) is 0 Å². The van der Waals surface area contributed by atoms with Crippen molar-refractivity contribution in [2.75, 3.05) is 13.6 Å². The molecule has 1 aliphatic heterocycles. The van der Waals surface area contributed by atoms with Gasteiger partial charge in [-0.2, -0.15) is 0 Å². The number of hydrogen-bond acceptors (Lipinski definition) is 3. The number of nitrogens with one attached hydrogen (secondary N) is 2. The van der Waals surface area contributed by atoms with Crippen molar-refractivity contribution in [1.29, 1.82) is 0 Å². The molecular weight excluding hydrogens is 264 g/mol. The first kappa shape index (κ1) is 14.4. The lowest BCUT2D eigenvalue weighted by atomic mass is 9.67. The highest BCUT2D eigenvalue weighted by Crippen LogP contribution is 2.42. The zero-order valence-electron chi connectivity index (χ0n) is 13.2. The van der Waals surface area contributed by atoms with E-state index in [9.17, 15) is 0 Å². The molecule has 2 N–H and O–H groups in total. The van der Waals surface area contributed by atoms with Crippen LogP contribution in [0, 0.1) is 5.41 Å². The third kappa shape index (κ3) is 2.89. The summed E-state index contributed by atoms with van der Waals surface area (Å²) in [6.07, 6.45) is 7.53. The Bertz CT molecular complexity index is 509. The van der Waals surface area contributed by atoms with Crippen LogP contribution >= 0.6 is 0 Å². The van der Waals surface area contributed by atoms with Gasteiger partial charge in [0.15, 0.2) is 11.8 Å². The lowest BCUT2D eigenvalue weighted by Crippen LogP contribution is -2.46. The fraction of sp³-hybridized carbons (Fsp3) is 0.800. The molecule has 0 saturated heterocycles. The van der Waals surface area contributed by atoms with Crippen LogP contribution in [0.3, 0.4) is 0 Å². The molecule has 0 aromatic carbocycles. The van der Waals surface area contributed by atoms with E-state index in [1.165, 1.54) is 32.1 Å². The fourth-order valence-electron chi connectivity index (χ4n) is 3.33. The molecule has 1 fully saturated rings. The summed E-state index contributed by atoms with van der Waals surface area (Å²) in [5.41, 5.74) is 0.494. The first-order valence-electron chi connectivity index (χ1n) is 8.12. The lowest BCUT2D eigenvalue weighted by molar-refractivity contribution is 0.131. The Balaban J connectivity index is 1.51. The van der Waals surface area contributed by atoms with E-state index in [4.69, 9.17) is 0 Å². The Hall–Kier alpha value is -1.59. The van der Waals surface area contributed by atoms with Crippen molar-refractivity contribution in [3.8, 4) is 0 Å². The van der Waals surface area contributed by atoms with Crippen LogP contribution in [0.1, 0.15) is 50.7 Å². The smallest absolute Gasteiger partial charge is 0.191 e. The molecule has 0 atom stereocenters. The van der Waals surface area contributed by atoms with E-state index in [0.29, 0.717) is 12.0 Å². The Kier molecular flexibility index (Phi) is 4.12. The van der Waals surface area contributed by atoms with Gasteiger partial charge in [0.2, 0.25) is 0 Å². The fourth-order valence-corrected chi connectivity index (χ4v) is 3.33. The molecule has 2 heterocycles. The number of aryl methyl sites for hydroxylation is 1. The van der Waals surface area contributed by atoms with Gasteiger partial charge in [0.05, 0.1) is 6.54 Å². The molecule has 1 aliphatic carbocycles. The molecule has 3 rings (SSSR count). The van der Waals surface area contributed by atoms with Crippen molar-refractivity contribution in [3.05, 3.63) is 11.6 Å². The maximum absolute atomic E-state index is 4.31. The van der Waals surface area contributed by atoms with Crippen molar-refractivity contribution < 1.29 is 0 Å². The molecule has 1 aromatic heterocycles. The number of aliphatic imine (C=N–C) groups is 1. The van der Waals surface area contributed by atoms with Crippen LogP contribution in [0.15, 0.2) is 4.99 Å². The Morgan fingerprint density at radius 3 is 2.81 bits per heavy atom. The molecule has 0 unspecified atom stereocenters.